The fourth-order valence-electron chi connectivity index (χ4n) is 0.524. The van der Waals surface area contributed by atoms with E-state index in [1.54, 1.807) is 6.92 Å². The summed E-state index contributed by atoms with van der Waals surface area (Å²) in [5.74, 6) is 0.346. The average Bonchev–Trinajstić information content (AvgIpc) is 2.08. The quantitative estimate of drug-likeness (QED) is 0.525. The number of hydrogen-bond donors (Lipinski definition) is 0. The van der Waals surface area contributed by atoms with Gasteiger partial charge in [-0.05, 0) is 0 Å². The summed E-state index contributed by atoms with van der Waals surface area (Å²) in [4.78, 5) is 10.2. The standard InChI is InChI=1S/C5H8N.C4H7O.Hg/c1-2-4-6-5-3-1;1-3-4(2)5;/h1-2H,3-5H2;3H,1-2H3;/q-1;;+1. The van der Waals surface area contributed by atoms with Crippen LogP contribution in [-0.2, 0) is 30.9 Å². The number of hydrogen-bond acceptors (Lipinski definition) is 1. The van der Waals surface area contributed by atoms with Gasteiger partial charge in [0.2, 0.25) is 0 Å². The summed E-state index contributed by atoms with van der Waals surface area (Å²) in [6.07, 6.45) is 5.43. The van der Waals surface area contributed by atoms with E-state index in [2.05, 4.69) is 17.5 Å². The Balaban J connectivity index is 0.000000202. The van der Waals surface area contributed by atoms with Crippen LogP contribution in [0.2, 0.25) is 3.43 Å². The van der Waals surface area contributed by atoms with Gasteiger partial charge >= 0.3 is 54.0 Å². The fourth-order valence-corrected chi connectivity index (χ4v) is 0.524. The van der Waals surface area contributed by atoms with Crippen molar-refractivity contribution in [1.29, 1.82) is 0 Å². The van der Waals surface area contributed by atoms with Gasteiger partial charge < -0.3 is 5.32 Å². The molecular formula is C9H15HgNO. The zero-order valence-electron chi connectivity index (χ0n) is 7.92. The Hall–Kier alpha value is 0.305. The predicted molar refractivity (Wildman–Crippen MR) is 47.0 cm³/mol. The number of carbonyl (C=O) groups is 1. The van der Waals surface area contributed by atoms with Crippen molar-refractivity contribution in [3.8, 4) is 0 Å². The zero-order valence-corrected chi connectivity index (χ0v) is 13.4. The van der Waals surface area contributed by atoms with Crippen LogP contribution in [0.5, 0.6) is 0 Å². The molecule has 0 spiro atoms. The molecule has 0 saturated heterocycles. The summed E-state index contributed by atoms with van der Waals surface area (Å²) in [5.41, 5.74) is 0. The van der Waals surface area contributed by atoms with Gasteiger partial charge in [0.1, 0.15) is 0 Å². The van der Waals surface area contributed by atoms with E-state index in [-0.39, 0.29) is 0 Å². The van der Waals surface area contributed by atoms with Crippen LogP contribution in [0.25, 0.3) is 5.32 Å². The van der Waals surface area contributed by atoms with Crippen LogP contribution in [0.15, 0.2) is 12.2 Å². The van der Waals surface area contributed by atoms with E-state index < -0.39 is 0 Å². The van der Waals surface area contributed by atoms with Crippen molar-refractivity contribution in [1.82, 2.24) is 0 Å². The van der Waals surface area contributed by atoms with Gasteiger partial charge in [0.25, 0.3) is 0 Å². The number of rotatable bonds is 1. The SMILES string of the molecule is C1=CC[N-]CC1.CC(=O)[CH](C)[Hg+]. The number of Topliss-reactive ketones (excluding diaryl/α,β-unsaturated/α-hetero) is 1. The van der Waals surface area contributed by atoms with Gasteiger partial charge in [0, 0.05) is 0 Å². The second-order valence-electron chi connectivity index (χ2n) is 2.90. The normalized spacial score (nSPS) is 17.7. The monoisotopic (exact) mass is 355 g/mol. The molecule has 0 bridgehead atoms. The van der Waals surface area contributed by atoms with E-state index in [0.717, 1.165) is 19.5 Å². The van der Waals surface area contributed by atoms with Crippen LogP contribution in [0, 0.1) is 0 Å². The fraction of sp³-hybridized carbons (Fsp3) is 0.667. The molecule has 0 saturated carbocycles. The van der Waals surface area contributed by atoms with Crippen LogP contribution in [-0.4, -0.2) is 18.9 Å². The Morgan fingerprint density at radius 2 is 2.17 bits per heavy atom. The Kier molecular flexibility index (Phi) is 8.13. The Morgan fingerprint density at radius 3 is 2.25 bits per heavy atom. The Morgan fingerprint density at radius 1 is 1.58 bits per heavy atom. The molecule has 0 fully saturated rings. The van der Waals surface area contributed by atoms with Gasteiger partial charge in [-0.2, -0.15) is 0 Å². The average molecular weight is 354 g/mol. The van der Waals surface area contributed by atoms with E-state index in [4.69, 9.17) is 0 Å². The summed E-state index contributed by atoms with van der Waals surface area (Å²) in [6, 6.07) is 0. The number of carbonyl (C=O) groups excluding carboxylic acids is 1. The first-order valence-corrected chi connectivity index (χ1v) is 7.43. The van der Waals surface area contributed by atoms with E-state index in [9.17, 15) is 4.79 Å². The maximum absolute atomic E-state index is 10.2. The molecule has 0 radical (unpaired) electrons. The van der Waals surface area contributed by atoms with Crippen molar-refractivity contribution in [3.05, 3.63) is 17.5 Å². The Bertz CT molecular complexity index is 147. The molecule has 1 aliphatic heterocycles. The number of ketones is 1. The van der Waals surface area contributed by atoms with Gasteiger partial charge in [-0.25, -0.2) is 0 Å². The minimum absolute atomic E-state index is 0.346. The Labute approximate surface area is 90.8 Å². The molecule has 3 heteroatoms. The molecule has 1 heterocycles. The van der Waals surface area contributed by atoms with Crippen LogP contribution in [0.4, 0.5) is 0 Å². The van der Waals surface area contributed by atoms with Gasteiger partial charge in [-0.15, -0.1) is 19.2 Å². The van der Waals surface area contributed by atoms with E-state index in [1.165, 1.54) is 0 Å². The zero-order chi connectivity index (χ0) is 9.40. The van der Waals surface area contributed by atoms with Gasteiger partial charge in [0.05, 0.1) is 0 Å². The van der Waals surface area contributed by atoms with Gasteiger partial charge in [-0.1, -0.05) is 12.5 Å². The summed E-state index contributed by atoms with van der Waals surface area (Å²) >= 11 is 0.649. The van der Waals surface area contributed by atoms with E-state index >= 15 is 0 Å². The third-order valence-corrected chi connectivity index (χ3v) is 3.78. The van der Waals surface area contributed by atoms with Crippen molar-refractivity contribution >= 4 is 5.78 Å². The predicted octanol–water partition coefficient (Wildman–Crippen LogP) is 2.25. The first-order valence-electron chi connectivity index (χ1n) is 4.26. The molecule has 1 atom stereocenters. The molecule has 0 aromatic rings. The molecule has 64 valence electrons. The molecule has 1 aliphatic rings. The van der Waals surface area contributed by atoms with Crippen LogP contribution >= 0.6 is 0 Å². The summed E-state index contributed by atoms with van der Waals surface area (Å²) in [5, 5.41) is 4.09. The van der Waals surface area contributed by atoms with Crippen molar-refractivity contribution < 1.29 is 30.9 Å². The molecule has 0 N–H and O–H groups in total. The first kappa shape index (κ1) is 12.3. The van der Waals surface area contributed by atoms with Crippen molar-refractivity contribution in [3.63, 3.8) is 0 Å². The summed E-state index contributed by atoms with van der Waals surface area (Å²) < 4.78 is 0.407. The molecule has 1 rings (SSSR count). The molecule has 1 unspecified atom stereocenters. The molecule has 2 nitrogen and oxygen atoms in total. The maximum atomic E-state index is 10.2. The molecule has 0 amide bonds. The van der Waals surface area contributed by atoms with Crippen LogP contribution in [0.1, 0.15) is 20.3 Å². The van der Waals surface area contributed by atoms with Crippen molar-refractivity contribution in [2.75, 3.05) is 13.1 Å². The number of nitrogens with zero attached hydrogens (tertiary/aromatic N) is 1. The van der Waals surface area contributed by atoms with Crippen LogP contribution < -0.4 is 0 Å². The molecular weight excluding hydrogens is 339 g/mol. The van der Waals surface area contributed by atoms with E-state index in [0.29, 0.717) is 35.3 Å². The van der Waals surface area contributed by atoms with E-state index in [1.807, 2.05) is 6.92 Å². The van der Waals surface area contributed by atoms with Crippen molar-refractivity contribution in [2.24, 2.45) is 0 Å². The summed E-state index contributed by atoms with van der Waals surface area (Å²) in [6.45, 7) is 5.61. The third-order valence-electron chi connectivity index (χ3n) is 1.55. The first-order chi connectivity index (χ1) is 5.64. The molecule has 0 aromatic heterocycles. The van der Waals surface area contributed by atoms with Gasteiger partial charge in [-0.3, -0.25) is 0 Å². The summed E-state index contributed by atoms with van der Waals surface area (Å²) in [7, 11) is 0. The van der Waals surface area contributed by atoms with Crippen molar-refractivity contribution in [2.45, 2.75) is 23.7 Å². The third kappa shape index (κ3) is 8.40. The molecule has 0 aromatic carbocycles. The van der Waals surface area contributed by atoms with Crippen LogP contribution in [0.3, 0.4) is 0 Å². The minimum atomic E-state index is 0.346. The topological polar surface area (TPSA) is 31.2 Å². The second-order valence-corrected chi connectivity index (χ2v) is 7.66. The second kappa shape index (κ2) is 7.93. The molecule has 12 heavy (non-hydrogen) atoms. The van der Waals surface area contributed by atoms with Gasteiger partial charge in [0.15, 0.2) is 0 Å². The molecule has 0 aliphatic carbocycles.